The van der Waals surface area contributed by atoms with Crippen LogP contribution in [0.4, 0.5) is 0 Å². The molecular formula is C17H30N2O2. The molecule has 21 heavy (non-hydrogen) atoms. The van der Waals surface area contributed by atoms with Gasteiger partial charge in [0.1, 0.15) is 12.1 Å². The highest BCUT2D eigenvalue weighted by Crippen LogP contribution is 2.39. The molecule has 0 aromatic heterocycles. The van der Waals surface area contributed by atoms with Crippen molar-refractivity contribution in [3.8, 4) is 0 Å². The van der Waals surface area contributed by atoms with Crippen LogP contribution in [0.25, 0.3) is 0 Å². The lowest BCUT2D eigenvalue weighted by atomic mass is 9.85. The van der Waals surface area contributed by atoms with Gasteiger partial charge in [-0.2, -0.15) is 0 Å². The summed E-state index contributed by atoms with van der Waals surface area (Å²) in [6.45, 7) is 11.0. The van der Waals surface area contributed by atoms with E-state index < -0.39 is 0 Å². The van der Waals surface area contributed by atoms with Crippen molar-refractivity contribution >= 4 is 11.8 Å². The van der Waals surface area contributed by atoms with E-state index in [2.05, 4.69) is 12.2 Å². The SMILES string of the molecule is CC(C)C1NC(=O)C(C(C)C)N(CC2(C)CCCC2)C1=O. The first-order valence-electron chi connectivity index (χ1n) is 8.36. The quantitative estimate of drug-likeness (QED) is 0.866. The lowest BCUT2D eigenvalue weighted by molar-refractivity contribution is -0.154. The Morgan fingerprint density at radius 3 is 2.19 bits per heavy atom. The largest absolute Gasteiger partial charge is 0.342 e. The molecular weight excluding hydrogens is 264 g/mol. The van der Waals surface area contributed by atoms with Gasteiger partial charge in [0.25, 0.3) is 0 Å². The lowest BCUT2D eigenvalue weighted by Crippen LogP contribution is -2.67. The average Bonchev–Trinajstić information content (AvgIpc) is 2.79. The van der Waals surface area contributed by atoms with Gasteiger partial charge < -0.3 is 10.2 Å². The van der Waals surface area contributed by atoms with Crippen molar-refractivity contribution in [1.82, 2.24) is 10.2 Å². The summed E-state index contributed by atoms with van der Waals surface area (Å²) in [5, 5.41) is 2.93. The first kappa shape index (κ1) is 16.3. The molecule has 1 saturated heterocycles. The summed E-state index contributed by atoms with van der Waals surface area (Å²) in [6, 6.07) is -0.678. The fourth-order valence-corrected chi connectivity index (χ4v) is 3.85. The number of rotatable bonds is 4. The molecule has 0 spiro atoms. The number of hydrogen-bond donors (Lipinski definition) is 1. The number of piperazine rings is 1. The summed E-state index contributed by atoms with van der Waals surface area (Å²) in [5.74, 6) is 0.404. The highest BCUT2D eigenvalue weighted by molar-refractivity contribution is 5.97. The normalized spacial score (nSPS) is 29.4. The third kappa shape index (κ3) is 3.24. The molecule has 1 saturated carbocycles. The molecule has 0 radical (unpaired) electrons. The van der Waals surface area contributed by atoms with E-state index >= 15 is 0 Å². The van der Waals surface area contributed by atoms with Crippen LogP contribution in [0, 0.1) is 17.3 Å². The van der Waals surface area contributed by atoms with Crippen LogP contribution >= 0.6 is 0 Å². The molecule has 2 unspecified atom stereocenters. The molecule has 0 aromatic carbocycles. The first-order valence-corrected chi connectivity index (χ1v) is 8.36. The van der Waals surface area contributed by atoms with Gasteiger partial charge in [-0.15, -0.1) is 0 Å². The standard InChI is InChI=1S/C17H30N2O2/c1-11(2)13-16(21)19(10-17(5)8-6-7-9-17)14(12(3)4)15(20)18-13/h11-14H,6-10H2,1-5H3,(H,18,20). The van der Waals surface area contributed by atoms with E-state index in [1.807, 2.05) is 32.6 Å². The Hall–Kier alpha value is -1.06. The molecule has 2 aliphatic rings. The van der Waals surface area contributed by atoms with E-state index in [0.29, 0.717) is 0 Å². The Balaban J connectivity index is 2.25. The molecule has 4 nitrogen and oxygen atoms in total. The minimum atomic E-state index is -0.363. The molecule has 1 N–H and O–H groups in total. The summed E-state index contributed by atoms with van der Waals surface area (Å²) in [4.78, 5) is 27.2. The van der Waals surface area contributed by atoms with E-state index in [1.54, 1.807) is 0 Å². The van der Waals surface area contributed by atoms with Crippen molar-refractivity contribution in [3.63, 3.8) is 0 Å². The van der Waals surface area contributed by atoms with Crippen molar-refractivity contribution in [1.29, 1.82) is 0 Å². The second kappa shape index (κ2) is 5.98. The maximum absolute atomic E-state index is 12.9. The van der Waals surface area contributed by atoms with Gasteiger partial charge in [-0.05, 0) is 30.1 Å². The summed E-state index contributed by atoms with van der Waals surface area (Å²) < 4.78 is 0. The summed E-state index contributed by atoms with van der Waals surface area (Å²) in [7, 11) is 0. The smallest absolute Gasteiger partial charge is 0.246 e. The van der Waals surface area contributed by atoms with Gasteiger partial charge in [-0.1, -0.05) is 47.5 Å². The molecule has 2 rings (SSSR count). The van der Waals surface area contributed by atoms with Crippen molar-refractivity contribution in [2.75, 3.05) is 6.54 Å². The highest BCUT2D eigenvalue weighted by Gasteiger charge is 2.45. The van der Waals surface area contributed by atoms with Gasteiger partial charge in [-0.25, -0.2) is 0 Å². The molecule has 0 bridgehead atoms. The lowest BCUT2D eigenvalue weighted by Gasteiger charge is -2.45. The molecule has 120 valence electrons. The third-order valence-corrected chi connectivity index (χ3v) is 5.11. The average molecular weight is 294 g/mol. The zero-order chi connectivity index (χ0) is 15.8. The summed E-state index contributed by atoms with van der Waals surface area (Å²) >= 11 is 0. The van der Waals surface area contributed by atoms with Crippen molar-refractivity contribution in [2.45, 2.75) is 72.4 Å². The zero-order valence-corrected chi connectivity index (χ0v) is 14.1. The van der Waals surface area contributed by atoms with E-state index in [-0.39, 0.29) is 41.1 Å². The topological polar surface area (TPSA) is 49.4 Å². The van der Waals surface area contributed by atoms with E-state index in [0.717, 1.165) is 19.4 Å². The Morgan fingerprint density at radius 1 is 1.14 bits per heavy atom. The number of nitrogens with zero attached hydrogens (tertiary/aromatic N) is 1. The van der Waals surface area contributed by atoms with Gasteiger partial charge in [-0.3, -0.25) is 9.59 Å². The van der Waals surface area contributed by atoms with Crippen LogP contribution in [-0.4, -0.2) is 35.3 Å². The van der Waals surface area contributed by atoms with Crippen molar-refractivity contribution in [2.24, 2.45) is 17.3 Å². The predicted octanol–water partition coefficient (Wildman–Crippen LogP) is 2.57. The Morgan fingerprint density at radius 2 is 1.71 bits per heavy atom. The monoisotopic (exact) mass is 294 g/mol. The molecule has 2 atom stereocenters. The summed E-state index contributed by atoms with van der Waals surface area (Å²) in [5.41, 5.74) is 0.182. The second-order valence-corrected chi connectivity index (χ2v) is 7.90. The zero-order valence-electron chi connectivity index (χ0n) is 14.1. The Labute approximate surface area is 128 Å². The highest BCUT2D eigenvalue weighted by atomic mass is 16.2. The van der Waals surface area contributed by atoms with Gasteiger partial charge in [0.15, 0.2) is 0 Å². The maximum atomic E-state index is 12.9. The minimum absolute atomic E-state index is 0.0184. The molecule has 0 aromatic rings. The van der Waals surface area contributed by atoms with Crippen LogP contribution in [0.15, 0.2) is 0 Å². The third-order valence-electron chi connectivity index (χ3n) is 5.11. The van der Waals surface area contributed by atoms with Crippen LogP contribution < -0.4 is 5.32 Å². The van der Waals surface area contributed by atoms with Crippen LogP contribution in [0.2, 0.25) is 0 Å². The number of amides is 2. The Kier molecular flexibility index (Phi) is 4.64. The van der Waals surface area contributed by atoms with Crippen molar-refractivity contribution < 1.29 is 9.59 Å². The molecule has 4 heteroatoms. The first-order chi connectivity index (χ1) is 9.75. The van der Waals surface area contributed by atoms with Crippen LogP contribution in [0.1, 0.15) is 60.3 Å². The minimum Gasteiger partial charge on any atom is -0.342 e. The molecule has 1 heterocycles. The van der Waals surface area contributed by atoms with Crippen LogP contribution in [-0.2, 0) is 9.59 Å². The van der Waals surface area contributed by atoms with Crippen LogP contribution in [0.3, 0.4) is 0 Å². The molecule has 2 fully saturated rings. The van der Waals surface area contributed by atoms with Crippen molar-refractivity contribution in [3.05, 3.63) is 0 Å². The fraction of sp³-hybridized carbons (Fsp3) is 0.882. The van der Waals surface area contributed by atoms with E-state index in [1.165, 1.54) is 12.8 Å². The number of carbonyl (C=O) groups is 2. The van der Waals surface area contributed by atoms with Gasteiger partial charge in [0.05, 0.1) is 0 Å². The summed E-state index contributed by atoms with van der Waals surface area (Å²) in [6.07, 6.45) is 4.81. The number of nitrogens with one attached hydrogen (secondary N) is 1. The Bertz CT molecular complexity index is 411. The number of carbonyl (C=O) groups excluding carboxylic acids is 2. The van der Waals surface area contributed by atoms with Gasteiger partial charge >= 0.3 is 0 Å². The van der Waals surface area contributed by atoms with Crippen LogP contribution in [0.5, 0.6) is 0 Å². The predicted molar refractivity (Wildman–Crippen MR) is 83.7 cm³/mol. The molecule has 1 aliphatic heterocycles. The maximum Gasteiger partial charge on any atom is 0.246 e. The van der Waals surface area contributed by atoms with E-state index in [4.69, 9.17) is 0 Å². The molecule has 2 amide bonds. The van der Waals surface area contributed by atoms with Gasteiger partial charge in [0.2, 0.25) is 11.8 Å². The van der Waals surface area contributed by atoms with Gasteiger partial charge in [0, 0.05) is 6.54 Å². The fourth-order valence-electron chi connectivity index (χ4n) is 3.85. The number of hydrogen-bond acceptors (Lipinski definition) is 2. The molecule has 1 aliphatic carbocycles. The second-order valence-electron chi connectivity index (χ2n) is 7.90. The van der Waals surface area contributed by atoms with E-state index in [9.17, 15) is 9.59 Å².